The highest BCUT2D eigenvalue weighted by molar-refractivity contribution is 5.85. The van der Waals surface area contributed by atoms with Crippen LogP contribution in [0.1, 0.15) is 6.92 Å². The van der Waals surface area contributed by atoms with Crippen molar-refractivity contribution in [1.29, 1.82) is 0 Å². The van der Waals surface area contributed by atoms with Crippen molar-refractivity contribution in [1.82, 2.24) is 15.0 Å². The van der Waals surface area contributed by atoms with Gasteiger partial charge in [-0.15, -0.1) is 12.4 Å². The SMILES string of the molecule is CCNc1nc(N)nc(N)n1.Cl. The minimum atomic E-state index is 0. The summed E-state index contributed by atoms with van der Waals surface area (Å²) in [5.74, 6) is 0.680. The first-order valence-corrected chi connectivity index (χ1v) is 3.23. The van der Waals surface area contributed by atoms with E-state index in [-0.39, 0.29) is 24.3 Å². The molecule has 12 heavy (non-hydrogen) atoms. The summed E-state index contributed by atoms with van der Waals surface area (Å²) in [6, 6.07) is 0. The van der Waals surface area contributed by atoms with Crippen LogP contribution in [0.15, 0.2) is 0 Å². The Balaban J connectivity index is 0.00000121. The largest absolute Gasteiger partial charge is 0.368 e. The molecule has 5 N–H and O–H groups in total. The zero-order valence-corrected chi connectivity index (χ0v) is 7.43. The molecule has 1 aromatic heterocycles. The van der Waals surface area contributed by atoms with Gasteiger partial charge in [0.25, 0.3) is 0 Å². The van der Waals surface area contributed by atoms with E-state index >= 15 is 0 Å². The molecule has 0 aliphatic carbocycles. The van der Waals surface area contributed by atoms with Crippen molar-refractivity contribution < 1.29 is 0 Å². The van der Waals surface area contributed by atoms with Crippen LogP contribution in [0.5, 0.6) is 0 Å². The van der Waals surface area contributed by atoms with E-state index in [0.717, 1.165) is 6.54 Å². The molecule has 0 aliphatic heterocycles. The van der Waals surface area contributed by atoms with Crippen LogP contribution >= 0.6 is 12.4 Å². The maximum absolute atomic E-state index is 5.31. The number of halogens is 1. The second kappa shape index (κ2) is 4.55. The van der Waals surface area contributed by atoms with E-state index < -0.39 is 0 Å². The standard InChI is InChI=1S/C5H10N6.ClH/c1-2-8-5-10-3(6)9-4(7)11-5;/h2H2,1H3,(H5,6,7,8,9,10,11);1H. The number of nitrogens with two attached hydrogens (primary N) is 2. The zero-order chi connectivity index (χ0) is 8.27. The van der Waals surface area contributed by atoms with Gasteiger partial charge < -0.3 is 16.8 Å². The zero-order valence-electron chi connectivity index (χ0n) is 6.61. The minimum Gasteiger partial charge on any atom is -0.368 e. The molecule has 0 bridgehead atoms. The maximum atomic E-state index is 5.31. The Hall–Kier alpha value is -1.30. The number of nitrogen functional groups attached to an aromatic ring is 2. The molecule has 0 unspecified atom stereocenters. The number of nitrogens with one attached hydrogen (secondary N) is 1. The first kappa shape index (κ1) is 10.7. The molecule has 7 heteroatoms. The van der Waals surface area contributed by atoms with Crippen molar-refractivity contribution in [2.24, 2.45) is 0 Å². The first-order valence-electron chi connectivity index (χ1n) is 3.23. The topological polar surface area (TPSA) is 103 Å². The van der Waals surface area contributed by atoms with Crippen LogP contribution < -0.4 is 16.8 Å². The average molecular weight is 191 g/mol. The highest BCUT2D eigenvalue weighted by Crippen LogP contribution is 2.01. The second-order valence-electron chi connectivity index (χ2n) is 1.91. The van der Waals surface area contributed by atoms with E-state index in [9.17, 15) is 0 Å². The predicted octanol–water partition coefficient (Wildman–Crippen LogP) is -0.110. The van der Waals surface area contributed by atoms with Crippen LogP contribution in [-0.2, 0) is 0 Å². The normalized spacial score (nSPS) is 8.75. The lowest BCUT2D eigenvalue weighted by atomic mass is 10.7. The fourth-order valence-corrected chi connectivity index (χ4v) is 0.647. The molecule has 0 aromatic carbocycles. The van der Waals surface area contributed by atoms with Crippen molar-refractivity contribution in [3.05, 3.63) is 0 Å². The van der Waals surface area contributed by atoms with E-state index in [1.807, 2.05) is 6.92 Å². The van der Waals surface area contributed by atoms with Gasteiger partial charge >= 0.3 is 0 Å². The van der Waals surface area contributed by atoms with Crippen LogP contribution in [0, 0.1) is 0 Å². The predicted molar refractivity (Wildman–Crippen MR) is 50.1 cm³/mol. The maximum Gasteiger partial charge on any atom is 0.229 e. The Morgan fingerprint density at radius 3 is 2.08 bits per heavy atom. The lowest BCUT2D eigenvalue weighted by Gasteiger charge is -2.01. The monoisotopic (exact) mass is 190 g/mol. The van der Waals surface area contributed by atoms with Crippen LogP contribution in [0.25, 0.3) is 0 Å². The van der Waals surface area contributed by atoms with Crippen molar-refractivity contribution in [2.45, 2.75) is 6.92 Å². The Labute approximate surface area is 76.2 Å². The lowest BCUT2D eigenvalue weighted by molar-refractivity contribution is 1.04. The molecule has 0 aliphatic rings. The lowest BCUT2D eigenvalue weighted by Crippen LogP contribution is -2.08. The van der Waals surface area contributed by atoms with Crippen LogP contribution in [0.3, 0.4) is 0 Å². The van der Waals surface area contributed by atoms with Gasteiger partial charge in [0, 0.05) is 6.54 Å². The number of aromatic nitrogens is 3. The molecule has 1 aromatic rings. The number of hydrogen-bond donors (Lipinski definition) is 3. The molecule has 0 atom stereocenters. The van der Waals surface area contributed by atoms with Gasteiger partial charge in [0.15, 0.2) is 0 Å². The summed E-state index contributed by atoms with van der Waals surface area (Å²) >= 11 is 0. The van der Waals surface area contributed by atoms with E-state index in [1.54, 1.807) is 0 Å². The van der Waals surface area contributed by atoms with Crippen molar-refractivity contribution in [3.8, 4) is 0 Å². The highest BCUT2D eigenvalue weighted by Gasteiger charge is 1.97. The second-order valence-corrected chi connectivity index (χ2v) is 1.91. The first-order chi connectivity index (χ1) is 5.22. The molecule has 68 valence electrons. The summed E-state index contributed by atoms with van der Waals surface area (Å²) < 4.78 is 0. The van der Waals surface area contributed by atoms with Gasteiger partial charge in [-0.1, -0.05) is 0 Å². The van der Waals surface area contributed by atoms with E-state index in [0.29, 0.717) is 5.95 Å². The van der Waals surface area contributed by atoms with E-state index in [1.165, 1.54) is 0 Å². The number of rotatable bonds is 2. The highest BCUT2D eigenvalue weighted by atomic mass is 35.5. The summed E-state index contributed by atoms with van der Waals surface area (Å²) in [5.41, 5.74) is 10.6. The van der Waals surface area contributed by atoms with Gasteiger partial charge in [0.2, 0.25) is 17.8 Å². The third kappa shape index (κ3) is 2.75. The molecule has 1 rings (SSSR count). The van der Waals surface area contributed by atoms with Gasteiger partial charge in [-0.25, -0.2) is 0 Å². The van der Waals surface area contributed by atoms with Gasteiger partial charge in [0.05, 0.1) is 0 Å². The third-order valence-electron chi connectivity index (χ3n) is 1.00. The van der Waals surface area contributed by atoms with E-state index in [2.05, 4.69) is 20.3 Å². The summed E-state index contributed by atoms with van der Waals surface area (Å²) in [6.45, 7) is 2.65. The van der Waals surface area contributed by atoms with Crippen molar-refractivity contribution in [2.75, 3.05) is 23.3 Å². The molecule has 0 saturated heterocycles. The summed E-state index contributed by atoms with van der Waals surface area (Å²) in [6.07, 6.45) is 0. The molecule has 0 amide bonds. The van der Waals surface area contributed by atoms with E-state index in [4.69, 9.17) is 11.5 Å². The Morgan fingerprint density at radius 2 is 1.67 bits per heavy atom. The molecule has 0 spiro atoms. The number of anilines is 3. The molecular weight excluding hydrogens is 180 g/mol. The Morgan fingerprint density at radius 1 is 1.17 bits per heavy atom. The smallest absolute Gasteiger partial charge is 0.229 e. The summed E-state index contributed by atoms with van der Waals surface area (Å²) in [7, 11) is 0. The molecule has 6 nitrogen and oxygen atoms in total. The molecule has 0 fully saturated rings. The van der Waals surface area contributed by atoms with Crippen LogP contribution in [0.2, 0.25) is 0 Å². The molecular formula is C5H11ClN6. The van der Waals surface area contributed by atoms with Crippen LogP contribution in [0.4, 0.5) is 17.8 Å². The molecule has 0 radical (unpaired) electrons. The van der Waals surface area contributed by atoms with Crippen molar-refractivity contribution in [3.63, 3.8) is 0 Å². The van der Waals surface area contributed by atoms with Gasteiger partial charge in [-0.05, 0) is 6.92 Å². The van der Waals surface area contributed by atoms with Crippen LogP contribution in [-0.4, -0.2) is 21.5 Å². The Bertz CT molecular complexity index is 231. The van der Waals surface area contributed by atoms with Crippen molar-refractivity contribution >= 4 is 30.3 Å². The minimum absolute atomic E-state index is 0. The summed E-state index contributed by atoms with van der Waals surface area (Å²) in [4.78, 5) is 11.2. The van der Waals surface area contributed by atoms with Gasteiger partial charge in [-0.2, -0.15) is 15.0 Å². The van der Waals surface area contributed by atoms with Gasteiger partial charge in [0.1, 0.15) is 0 Å². The Kier molecular flexibility index (Phi) is 4.06. The average Bonchev–Trinajstić information content (AvgIpc) is 1.85. The molecule has 1 heterocycles. The quantitative estimate of drug-likeness (QED) is 0.601. The summed E-state index contributed by atoms with van der Waals surface area (Å²) in [5, 5.41) is 2.87. The fraction of sp³-hybridized carbons (Fsp3) is 0.400. The number of hydrogen-bond acceptors (Lipinski definition) is 6. The molecule has 0 saturated carbocycles. The third-order valence-corrected chi connectivity index (χ3v) is 1.00. The fourth-order valence-electron chi connectivity index (χ4n) is 0.647. The van der Waals surface area contributed by atoms with Gasteiger partial charge in [-0.3, -0.25) is 0 Å². The number of nitrogens with zero attached hydrogens (tertiary/aromatic N) is 3.